The van der Waals surface area contributed by atoms with E-state index in [0.717, 1.165) is 23.6 Å². The van der Waals surface area contributed by atoms with Crippen LogP contribution >= 0.6 is 0 Å². The Morgan fingerprint density at radius 1 is 1.38 bits per heavy atom. The number of hydrogen-bond acceptors (Lipinski definition) is 5. The Hall–Kier alpha value is -1.36. The van der Waals surface area contributed by atoms with Crippen LogP contribution in [0.4, 0.5) is 11.6 Å². The third-order valence-corrected chi connectivity index (χ3v) is 2.39. The van der Waals surface area contributed by atoms with Gasteiger partial charge in [0.15, 0.2) is 0 Å². The number of nitrogens with one attached hydrogen (secondary N) is 2. The van der Waals surface area contributed by atoms with Crippen molar-refractivity contribution in [3.8, 4) is 0 Å². The molecule has 1 heterocycles. The summed E-state index contributed by atoms with van der Waals surface area (Å²) >= 11 is 0. The van der Waals surface area contributed by atoms with Gasteiger partial charge in [0.05, 0.1) is 6.10 Å². The monoisotopic (exact) mass is 224 g/mol. The highest BCUT2D eigenvalue weighted by Gasteiger charge is 2.08. The van der Waals surface area contributed by atoms with Crippen LogP contribution < -0.4 is 10.6 Å². The van der Waals surface area contributed by atoms with Crippen molar-refractivity contribution in [3.63, 3.8) is 0 Å². The number of rotatable bonds is 6. The molecule has 1 aromatic rings. The highest BCUT2D eigenvalue weighted by atomic mass is 16.3. The van der Waals surface area contributed by atoms with Crippen LogP contribution in [0.5, 0.6) is 0 Å². The van der Waals surface area contributed by atoms with Crippen LogP contribution in [0.2, 0.25) is 0 Å². The molecule has 0 radical (unpaired) electrons. The van der Waals surface area contributed by atoms with E-state index in [4.69, 9.17) is 0 Å². The van der Waals surface area contributed by atoms with Gasteiger partial charge in [-0.15, -0.1) is 0 Å². The second-order valence-corrected chi connectivity index (χ2v) is 3.72. The summed E-state index contributed by atoms with van der Waals surface area (Å²) in [6.07, 6.45) is 2.83. The molecule has 5 heteroatoms. The molecule has 0 spiro atoms. The minimum Gasteiger partial charge on any atom is -0.393 e. The van der Waals surface area contributed by atoms with Gasteiger partial charge in [0, 0.05) is 19.2 Å². The van der Waals surface area contributed by atoms with Crippen molar-refractivity contribution in [2.24, 2.45) is 0 Å². The summed E-state index contributed by atoms with van der Waals surface area (Å²) in [4.78, 5) is 8.37. The van der Waals surface area contributed by atoms with Gasteiger partial charge < -0.3 is 15.7 Å². The topological polar surface area (TPSA) is 70.1 Å². The Kier molecular flexibility index (Phi) is 4.98. The lowest BCUT2D eigenvalue weighted by molar-refractivity contribution is 0.188. The molecule has 0 aliphatic carbocycles. The predicted molar refractivity (Wildman–Crippen MR) is 65.7 cm³/mol. The van der Waals surface area contributed by atoms with E-state index in [-0.39, 0.29) is 6.10 Å². The van der Waals surface area contributed by atoms with E-state index in [1.165, 1.54) is 6.33 Å². The summed E-state index contributed by atoms with van der Waals surface area (Å²) in [5.41, 5.74) is 1.08. The van der Waals surface area contributed by atoms with Gasteiger partial charge in [-0.1, -0.05) is 6.92 Å². The highest BCUT2D eigenvalue weighted by molar-refractivity contribution is 5.56. The molecule has 5 nitrogen and oxygen atoms in total. The van der Waals surface area contributed by atoms with E-state index in [2.05, 4.69) is 27.5 Å². The van der Waals surface area contributed by atoms with Crippen LogP contribution in [-0.2, 0) is 6.42 Å². The molecule has 1 rings (SSSR count). The van der Waals surface area contributed by atoms with E-state index in [0.29, 0.717) is 13.0 Å². The van der Waals surface area contributed by atoms with Gasteiger partial charge >= 0.3 is 0 Å². The average molecular weight is 224 g/mol. The van der Waals surface area contributed by atoms with Crippen molar-refractivity contribution < 1.29 is 5.11 Å². The van der Waals surface area contributed by atoms with Crippen molar-refractivity contribution >= 4 is 11.6 Å². The van der Waals surface area contributed by atoms with Gasteiger partial charge in [-0.25, -0.2) is 9.97 Å². The van der Waals surface area contributed by atoms with Gasteiger partial charge in [0.1, 0.15) is 18.0 Å². The number of nitrogens with zero attached hydrogens (tertiary/aromatic N) is 2. The number of aliphatic hydroxyl groups is 1. The molecule has 16 heavy (non-hydrogen) atoms. The molecule has 0 saturated carbocycles. The summed E-state index contributed by atoms with van der Waals surface area (Å²) in [7, 11) is 1.85. The maximum Gasteiger partial charge on any atom is 0.134 e. The normalized spacial score (nSPS) is 12.2. The lowest BCUT2D eigenvalue weighted by Gasteiger charge is -2.13. The van der Waals surface area contributed by atoms with Crippen molar-refractivity contribution in [3.05, 3.63) is 11.9 Å². The van der Waals surface area contributed by atoms with Crippen LogP contribution in [0.1, 0.15) is 25.8 Å². The zero-order valence-electron chi connectivity index (χ0n) is 10.1. The van der Waals surface area contributed by atoms with E-state index < -0.39 is 0 Å². The van der Waals surface area contributed by atoms with Crippen LogP contribution in [0, 0.1) is 0 Å². The summed E-state index contributed by atoms with van der Waals surface area (Å²) < 4.78 is 0. The van der Waals surface area contributed by atoms with Gasteiger partial charge in [0.2, 0.25) is 0 Å². The molecule has 0 aliphatic rings. The molecule has 3 N–H and O–H groups in total. The zero-order valence-corrected chi connectivity index (χ0v) is 10.1. The Morgan fingerprint density at radius 3 is 2.62 bits per heavy atom. The maximum atomic E-state index is 9.17. The molecule has 0 fully saturated rings. The van der Waals surface area contributed by atoms with E-state index in [9.17, 15) is 5.11 Å². The molecule has 0 amide bonds. The fourth-order valence-electron chi connectivity index (χ4n) is 1.51. The number of anilines is 2. The fraction of sp³-hybridized carbons (Fsp3) is 0.636. The van der Waals surface area contributed by atoms with Gasteiger partial charge in [-0.2, -0.15) is 0 Å². The summed E-state index contributed by atoms with van der Waals surface area (Å²) in [6, 6.07) is 0. The first kappa shape index (κ1) is 12.7. The molecule has 0 bridgehead atoms. The Bertz CT molecular complexity index is 328. The second kappa shape index (κ2) is 6.27. The minimum absolute atomic E-state index is 0.289. The Morgan fingerprint density at radius 2 is 2.06 bits per heavy atom. The zero-order chi connectivity index (χ0) is 12.0. The number of hydrogen-bond donors (Lipinski definition) is 3. The number of aromatic nitrogens is 2. The molecule has 0 saturated heterocycles. The fourth-order valence-corrected chi connectivity index (χ4v) is 1.51. The third-order valence-electron chi connectivity index (χ3n) is 2.39. The molecule has 1 unspecified atom stereocenters. The molecule has 0 aliphatic heterocycles. The SMILES string of the molecule is CCc1c(NC)ncnc1NCCC(C)O. The largest absolute Gasteiger partial charge is 0.393 e. The van der Waals surface area contributed by atoms with Crippen LogP contribution in [0.3, 0.4) is 0 Å². The standard InChI is InChI=1S/C11H20N4O/c1-4-9-10(12-3)14-7-15-11(9)13-6-5-8(2)16/h7-8,16H,4-6H2,1-3H3,(H2,12,13,14,15). The maximum absolute atomic E-state index is 9.17. The molecule has 1 atom stereocenters. The smallest absolute Gasteiger partial charge is 0.134 e. The predicted octanol–water partition coefficient (Wildman–Crippen LogP) is 1.26. The second-order valence-electron chi connectivity index (χ2n) is 3.72. The first-order valence-electron chi connectivity index (χ1n) is 5.62. The van der Waals surface area contributed by atoms with E-state index >= 15 is 0 Å². The average Bonchev–Trinajstić information content (AvgIpc) is 2.28. The highest BCUT2D eigenvalue weighted by Crippen LogP contribution is 2.19. The van der Waals surface area contributed by atoms with Crippen molar-refractivity contribution in [2.75, 3.05) is 24.2 Å². The Labute approximate surface area is 96.3 Å². The van der Waals surface area contributed by atoms with Crippen molar-refractivity contribution in [1.29, 1.82) is 0 Å². The van der Waals surface area contributed by atoms with Gasteiger partial charge in [-0.3, -0.25) is 0 Å². The van der Waals surface area contributed by atoms with E-state index in [1.54, 1.807) is 6.92 Å². The third kappa shape index (κ3) is 3.34. The lowest BCUT2D eigenvalue weighted by atomic mass is 10.2. The first-order valence-corrected chi connectivity index (χ1v) is 5.62. The molecular weight excluding hydrogens is 204 g/mol. The lowest BCUT2D eigenvalue weighted by Crippen LogP contribution is -2.13. The van der Waals surface area contributed by atoms with Crippen molar-refractivity contribution in [2.45, 2.75) is 32.8 Å². The number of aliphatic hydroxyl groups excluding tert-OH is 1. The molecule has 90 valence electrons. The minimum atomic E-state index is -0.289. The summed E-state index contributed by atoms with van der Waals surface area (Å²) in [6.45, 7) is 4.56. The summed E-state index contributed by atoms with van der Waals surface area (Å²) in [5, 5.41) is 15.4. The van der Waals surface area contributed by atoms with E-state index in [1.807, 2.05) is 7.05 Å². The van der Waals surface area contributed by atoms with Crippen molar-refractivity contribution in [1.82, 2.24) is 9.97 Å². The van der Waals surface area contributed by atoms with Crippen LogP contribution in [0.25, 0.3) is 0 Å². The van der Waals surface area contributed by atoms with Gasteiger partial charge in [-0.05, 0) is 19.8 Å². The summed E-state index contributed by atoms with van der Waals surface area (Å²) in [5.74, 6) is 1.71. The molecular formula is C11H20N4O. The van der Waals surface area contributed by atoms with Gasteiger partial charge in [0.25, 0.3) is 0 Å². The van der Waals surface area contributed by atoms with Crippen LogP contribution in [0.15, 0.2) is 6.33 Å². The first-order chi connectivity index (χ1) is 7.69. The quantitative estimate of drug-likeness (QED) is 0.678. The molecule has 1 aromatic heterocycles. The molecule has 0 aromatic carbocycles. The Balaban J connectivity index is 2.71. The van der Waals surface area contributed by atoms with Crippen LogP contribution in [-0.4, -0.2) is 34.8 Å².